The molecule has 0 aliphatic heterocycles. The van der Waals surface area contributed by atoms with Crippen molar-refractivity contribution in [1.29, 1.82) is 0 Å². The third kappa shape index (κ3) is 4.14. The van der Waals surface area contributed by atoms with Crippen LogP contribution < -0.4 is 5.56 Å². The number of hydrogen-bond acceptors (Lipinski definition) is 3. The van der Waals surface area contributed by atoms with E-state index in [1.165, 1.54) is 17.7 Å². The van der Waals surface area contributed by atoms with Gasteiger partial charge in [-0.3, -0.25) is 9.36 Å². The van der Waals surface area contributed by atoms with E-state index in [1.807, 2.05) is 18.2 Å². The predicted molar refractivity (Wildman–Crippen MR) is 107 cm³/mol. The minimum absolute atomic E-state index is 0.0593. The molecule has 0 saturated carbocycles. The molecule has 2 aromatic carbocycles. The second-order valence-electron chi connectivity index (χ2n) is 6.78. The lowest BCUT2D eigenvalue weighted by molar-refractivity contribution is 0.617. The van der Waals surface area contributed by atoms with E-state index in [0.29, 0.717) is 6.54 Å². The van der Waals surface area contributed by atoms with Gasteiger partial charge in [0.25, 0.3) is 5.56 Å². The summed E-state index contributed by atoms with van der Waals surface area (Å²) in [5.41, 5.74) is 4.05. The third-order valence-corrected chi connectivity index (χ3v) is 5.85. The van der Waals surface area contributed by atoms with E-state index in [4.69, 9.17) is 4.98 Å². The second-order valence-corrected chi connectivity index (χ2v) is 7.84. The van der Waals surface area contributed by atoms with E-state index in [0.717, 1.165) is 53.4 Å². The summed E-state index contributed by atoms with van der Waals surface area (Å²) >= 11 is 1.62. The summed E-state index contributed by atoms with van der Waals surface area (Å²) in [7, 11) is 0. The molecule has 138 valence electrons. The Morgan fingerprint density at radius 1 is 1.00 bits per heavy atom. The number of thioether (sulfide) groups is 1. The van der Waals surface area contributed by atoms with Gasteiger partial charge >= 0.3 is 0 Å². The van der Waals surface area contributed by atoms with Crippen LogP contribution in [-0.2, 0) is 25.8 Å². The normalized spacial score (nSPS) is 12.9. The molecule has 0 N–H and O–H groups in total. The van der Waals surface area contributed by atoms with Crippen molar-refractivity contribution < 1.29 is 4.39 Å². The monoisotopic (exact) mass is 380 g/mol. The van der Waals surface area contributed by atoms with Gasteiger partial charge in [0.05, 0.1) is 12.2 Å². The van der Waals surface area contributed by atoms with E-state index in [1.54, 1.807) is 28.5 Å². The molecule has 27 heavy (non-hydrogen) atoms. The Morgan fingerprint density at radius 2 is 1.78 bits per heavy atom. The van der Waals surface area contributed by atoms with Gasteiger partial charge in [-0.1, -0.05) is 54.2 Å². The number of aromatic nitrogens is 2. The second kappa shape index (κ2) is 8.09. The fourth-order valence-corrected chi connectivity index (χ4v) is 4.43. The van der Waals surface area contributed by atoms with Gasteiger partial charge < -0.3 is 0 Å². The molecule has 0 atom stereocenters. The Labute approximate surface area is 162 Å². The number of hydrogen-bond donors (Lipinski definition) is 0. The topological polar surface area (TPSA) is 34.9 Å². The maximum Gasteiger partial charge on any atom is 0.257 e. The maximum atomic E-state index is 13.2. The van der Waals surface area contributed by atoms with Crippen LogP contribution in [0.5, 0.6) is 0 Å². The number of fused-ring (bicyclic) bond motifs is 1. The maximum absolute atomic E-state index is 13.2. The van der Waals surface area contributed by atoms with Crippen LogP contribution in [0.4, 0.5) is 4.39 Å². The lowest BCUT2D eigenvalue weighted by Crippen LogP contribution is -2.27. The minimum atomic E-state index is -0.268. The molecule has 0 saturated heterocycles. The SMILES string of the molecule is O=c1c2c(nc(SCCc3ccccc3)n1Cc1ccc(F)cc1)CCC2. The molecule has 1 aromatic heterocycles. The van der Waals surface area contributed by atoms with E-state index in [9.17, 15) is 9.18 Å². The van der Waals surface area contributed by atoms with Crippen molar-refractivity contribution in [3.05, 3.63) is 93.2 Å². The summed E-state index contributed by atoms with van der Waals surface area (Å²) in [6.07, 6.45) is 3.61. The van der Waals surface area contributed by atoms with Gasteiger partial charge in [-0.15, -0.1) is 0 Å². The molecule has 5 heteroatoms. The lowest BCUT2D eigenvalue weighted by atomic mass is 10.2. The first-order valence-corrected chi connectivity index (χ1v) is 10.2. The first-order valence-electron chi connectivity index (χ1n) is 9.24. The Bertz CT molecular complexity index is 984. The predicted octanol–water partition coefficient (Wildman–Crippen LogP) is 4.25. The molecule has 0 radical (unpaired) electrons. The van der Waals surface area contributed by atoms with Gasteiger partial charge in [0, 0.05) is 11.3 Å². The number of benzene rings is 2. The van der Waals surface area contributed by atoms with Crippen LogP contribution in [0.25, 0.3) is 0 Å². The van der Waals surface area contributed by atoms with Gasteiger partial charge in [-0.25, -0.2) is 9.37 Å². The van der Waals surface area contributed by atoms with Crippen molar-refractivity contribution in [1.82, 2.24) is 9.55 Å². The van der Waals surface area contributed by atoms with Crippen LogP contribution in [-0.4, -0.2) is 15.3 Å². The van der Waals surface area contributed by atoms with Crippen molar-refractivity contribution in [2.75, 3.05) is 5.75 Å². The van der Waals surface area contributed by atoms with E-state index < -0.39 is 0 Å². The number of rotatable bonds is 6. The zero-order valence-electron chi connectivity index (χ0n) is 15.0. The molecule has 1 aliphatic rings. The number of aryl methyl sites for hydroxylation is 2. The average Bonchev–Trinajstić information content (AvgIpc) is 3.16. The van der Waals surface area contributed by atoms with Crippen molar-refractivity contribution >= 4 is 11.8 Å². The molecular formula is C22H21FN2OS. The van der Waals surface area contributed by atoms with Gasteiger partial charge in [0.2, 0.25) is 0 Å². The molecule has 0 fully saturated rings. The average molecular weight is 380 g/mol. The van der Waals surface area contributed by atoms with Crippen LogP contribution in [0.15, 0.2) is 64.5 Å². The van der Waals surface area contributed by atoms with Crippen molar-refractivity contribution in [3.8, 4) is 0 Å². The molecule has 1 aliphatic carbocycles. The van der Waals surface area contributed by atoms with Gasteiger partial charge in [-0.05, 0) is 48.9 Å². The van der Waals surface area contributed by atoms with Crippen molar-refractivity contribution in [2.24, 2.45) is 0 Å². The quantitative estimate of drug-likeness (QED) is 0.474. The summed E-state index contributed by atoms with van der Waals surface area (Å²) in [5.74, 6) is 0.592. The molecule has 1 heterocycles. The highest BCUT2D eigenvalue weighted by Crippen LogP contribution is 2.23. The number of halogens is 1. The smallest absolute Gasteiger partial charge is 0.257 e. The Balaban J connectivity index is 1.60. The van der Waals surface area contributed by atoms with E-state index >= 15 is 0 Å². The molecular weight excluding hydrogens is 359 g/mol. The standard InChI is InChI=1S/C22H21FN2OS/c23-18-11-9-17(10-12-18)15-25-21(26)19-7-4-8-20(19)24-22(25)27-14-13-16-5-2-1-3-6-16/h1-3,5-6,9-12H,4,7-8,13-15H2. The summed E-state index contributed by atoms with van der Waals surface area (Å²) in [5, 5.41) is 0.765. The first-order chi connectivity index (χ1) is 13.2. The van der Waals surface area contributed by atoms with E-state index in [2.05, 4.69) is 12.1 Å². The van der Waals surface area contributed by atoms with Crippen LogP contribution in [0.3, 0.4) is 0 Å². The number of nitrogens with zero attached hydrogens (tertiary/aromatic N) is 2. The van der Waals surface area contributed by atoms with Crippen molar-refractivity contribution in [3.63, 3.8) is 0 Å². The summed E-state index contributed by atoms with van der Waals surface area (Å²) in [6.45, 7) is 0.424. The summed E-state index contributed by atoms with van der Waals surface area (Å²) < 4.78 is 15.0. The van der Waals surface area contributed by atoms with Gasteiger partial charge in [-0.2, -0.15) is 0 Å². The van der Waals surface area contributed by atoms with Gasteiger partial charge in [0.15, 0.2) is 5.16 Å². The lowest BCUT2D eigenvalue weighted by Gasteiger charge is -2.14. The Kier molecular flexibility index (Phi) is 5.39. The Morgan fingerprint density at radius 3 is 2.56 bits per heavy atom. The molecule has 3 nitrogen and oxygen atoms in total. The first kappa shape index (κ1) is 18.0. The van der Waals surface area contributed by atoms with E-state index in [-0.39, 0.29) is 11.4 Å². The highest BCUT2D eigenvalue weighted by Gasteiger charge is 2.21. The largest absolute Gasteiger partial charge is 0.283 e. The molecule has 3 aromatic rings. The van der Waals surface area contributed by atoms with Crippen LogP contribution in [0.2, 0.25) is 0 Å². The molecule has 0 spiro atoms. The molecule has 0 unspecified atom stereocenters. The zero-order valence-corrected chi connectivity index (χ0v) is 15.8. The third-order valence-electron chi connectivity index (χ3n) is 4.87. The molecule has 4 rings (SSSR count). The minimum Gasteiger partial charge on any atom is -0.283 e. The summed E-state index contributed by atoms with van der Waals surface area (Å²) in [4.78, 5) is 17.8. The van der Waals surface area contributed by atoms with Crippen molar-refractivity contribution in [2.45, 2.75) is 37.4 Å². The zero-order chi connectivity index (χ0) is 18.6. The Hall–Kier alpha value is -2.40. The van der Waals surface area contributed by atoms with Crippen LogP contribution in [0, 0.1) is 5.82 Å². The fraction of sp³-hybridized carbons (Fsp3) is 0.273. The fourth-order valence-electron chi connectivity index (χ4n) is 3.43. The highest BCUT2D eigenvalue weighted by molar-refractivity contribution is 7.99. The molecule has 0 bridgehead atoms. The molecule has 0 amide bonds. The van der Waals surface area contributed by atoms with Crippen LogP contribution >= 0.6 is 11.8 Å². The highest BCUT2D eigenvalue weighted by atomic mass is 32.2. The summed E-state index contributed by atoms with van der Waals surface area (Å²) in [6, 6.07) is 16.6. The van der Waals surface area contributed by atoms with Gasteiger partial charge in [0.1, 0.15) is 5.82 Å². The van der Waals surface area contributed by atoms with Crippen LogP contribution in [0.1, 0.15) is 28.8 Å².